The van der Waals surface area contributed by atoms with Crippen molar-refractivity contribution >= 4 is 23.6 Å². The highest BCUT2D eigenvalue weighted by atomic mass is 35.5. The lowest BCUT2D eigenvalue weighted by Gasteiger charge is -2.37. The Morgan fingerprint density at radius 3 is 2.63 bits per heavy atom. The summed E-state index contributed by atoms with van der Waals surface area (Å²) >= 11 is 5.85. The Morgan fingerprint density at radius 1 is 1.30 bits per heavy atom. The molecule has 6 nitrogen and oxygen atoms in total. The van der Waals surface area contributed by atoms with Crippen LogP contribution >= 0.6 is 11.6 Å². The van der Waals surface area contributed by atoms with Gasteiger partial charge >= 0.3 is 6.09 Å². The first kappa shape index (κ1) is 20.0. The standard InChI is InChI=1S/C20H28ClN3O3/c1-20(9-2-10-22-14-20)23-18(25)16-7-11-24(12-8-16)19(26)27-13-15-3-5-17(21)6-4-15/h3-6,16,22H,2,7-14H2,1H3,(H,23,25). The Morgan fingerprint density at radius 2 is 2.00 bits per heavy atom. The highest BCUT2D eigenvalue weighted by Gasteiger charge is 2.33. The van der Waals surface area contributed by atoms with Crippen LogP contribution in [0, 0.1) is 5.92 Å². The number of ether oxygens (including phenoxy) is 1. The normalized spacial score (nSPS) is 23.7. The van der Waals surface area contributed by atoms with Crippen molar-refractivity contribution in [3.8, 4) is 0 Å². The Hall–Kier alpha value is -1.79. The smallest absolute Gasteiger partial charge is 0.410 e. The molecule has 2 saturated heterocycles. The molecule has 2 amide bonds. The highest BCUT2D eigenvalue weighted by molar-refractivity contribution is 6.30. The van der Waals surface area contributed by atoms with E-state index in [0.29, 0.717) is 31.0 Å². The van der Waals surface area contributed by atoms with E-state index in [9.17, 15) is 9.59 Å². The van der Waals surface area contributed by atoms with Gasteiger partial charge in [0.05, 0.1) is 0 Å². The Labute approximate surface area is 165 Å². The monoisotopic (exact) mass is 393 g/mol. The summed E-state index contributed by atoms with van der Waals surface area (Å²) in [4.78, 5) is 26.5. The van der Waals surface area contributed by atoms with Gasteiger partial charge in [0.2, 0.25) is 5.91 Å². The van der Waals surface area contributed by atoms with E-state index in [1.54, 1.807) is 17.0 Å². The fourth-order valence-electron chi connectivity index (χ4n) is 3.70. The summed E-state index contributed by atoms with van der Waals surface area (Å²) in [6.07, 6.45) is 3.10. The molecular weight excluding hydrogens is 366 g/mol. The van der Waals surface area contributed by atoms with E-state index in [4.69, 9.17) is 16.3 Å². The molecular formula is C20H28ClN3O3. The third kappa shape index (κ3) is 5.59. The van der Waals surface area contributed by atoms with Crippen LogP contribution in [0.1, 0.15) is 38.2 Å². The minimum absolute atomic E-state index is 0.0379. The van der Waals surface area contributed by atoms with Crippen molar-refractivity contribution in [2.75, 3.05) is 26.2 Å². The maximum absolute atomic E-state index is 12.6. The van der Waals surface area contributed by atoms with Gasteiger partial charge in [-0.15, -0.1) is 0 Å². The van der Waals surface area contributed by atoms with Gasteiger partial charge in [-0.25, -0.2) is 4.79 Å². The molecule has 0 aromatic heterocycles. The molecule has 148 valence electrons. The van der Waals surface area contributed by atoms with Crippen LogP contribution in [0.5, 0.6) is 0 Å². The first-order chi connectivity index (χ1) is 13.0. The van der Waals surface area contributed by atoms with Crippen LogP contribution in [0.25, 0.3) is 0 Å². The quantitative estimate of drug-likeness (QED) is 0.825. The molecule has 1 unspecified atom stereocenters. The number of carbonyl (C=O) groups is 2. The summed E-state index contributed by atoms with van der Waals surface area (Å²) < 4.78 is 5.38. The summed E-state index contributed by atoms with van der Waals surface area (Å²) in [6, 6.07) is 7.23. The average Bonchev–Trinajstić information content (AvgIpc) is 2.67. The van der Waals surface area contributed by atoms with Gasteiger partial charge in [0.25, 0.3) is 0 Å². The van der Waals surface area contributed by atoms with E-state index >= 15 is 0 Å². The van der Waals surface area contributed by atoms with Crippen LogP contribution in [0.3, 0.4) is 0 Å². The number of benzene rings is 1. The summed E-state index contributed by atoms with van der Waals surface area (Å²) in [5.41, 5.74) is 0.737. The zero-order valence-corrected chi connectivity index (χ0v) is 16.6. The molecule has 0 radical (unpaired) electrons. The van der Waals surface area contributed by atoms with E-state index in [1.807, 2.05) is 12.1 Å². The van der Waals surface area contributed by atoms with Crippen LogP contribution in [-0.4, -0.2) is 48.6 Å². The molecule has 27 heavy (non-hydrogen) atoms. The SMILES string of the molecule is CC1(NC(=O)C2CCN(C(=O)OCc3ccc(Cl)cc3)CC2)CCCNC1. The lowest BCUT2D eigenvalue weighted by Crippen LogP contribution is -2.57. The first-order valence-corrected chi connectivity index (χ1v) is 10.0. The largest absolute Gasteiger partial charge is 0.445 e. The second-order valence-corrected chi connectivity index (χ2v) is 8.21. The van der Waals surface area contributed by atoms with E-state index in [0.717, 1.165) is 31.5 Å². The number of hydrogen-bond donors (Lipinski definition) is 2. The van der Waals surface area contributed by atoms with Crippen molar-refractivity contribution in [3.63, 3.8) is 0 Å². The number of hydrogen-bond acceptors (Lipinski definition) is 4. The lowest BCUT2D eigenvalue weighted by molar-refractivity contribution is -0.128. The van der Waals surface area contributed by atoms with Crippen molar-refractivity contribution in [1.82, 2.24) is 15.5 Å². The zero-order chi connectivity index (χ0) is 19.3. The van der Waals surface area contributed by atoms with Gasteiger partial charge in [-0.1, -0.05) is 23.7 Å². The van der Waals surface area contributed by atoms with Crippen molar-refractivity contribution < 1.29 is 14.3 Å². The van der Waals surface area contributed by atoms with Crippen LogP contribution in [0.4, 0.5) is 4.79 Å². The van der Waals surface area contributed by atoms with Gasteiger partial charge in [0.1, 0.15) is 6.61 Å². The molecule has 0 spiro atoms. The lowest BCUT2D eigenvalue weighted by atomic mass is 9.89. The van der Waals surface area contributed by atoms with Gasteiger partial charge in [0.15, 0.2) is 0 Å². The topological polar surface area (TPSA) is 70.7 Å². The number of amides is 2. The maximum atomic E-state index is 12.6. The van der Waals surface area contributed by atoms with Crippen LogP contribution < -0.4 is 10.6 Å². The van der Waals surface area contributed by atoms with Gasteiger partial charge in [-0.3, -0.25) is 4.79 Å². The molecule has 2 fully saturated rings. The third-order valence-corrected chi connectivity index (χ3v) is 5.67. The molecule has 1 aromatic carbocycles. The summed E-state index contributed by atoms with van der Waals surface area (Å²) in [5, 5.41) is 7.21. The number of halogens is 1. The molecule has 2 heterocycles. The summed E-state index contributed by atoms with van der Waals surface area (Å²) in [6.45, 7) is 5.25. The number of nitrogens with zero attached hydrogens (tertiary/aromatic N) is 1. The Kier molecular flexibility index (Phi) is 6.60. The van der Waals surface area contributed by atoms with E-state index in [1.165, 1.54) is 0 Å². The second-order valence-electron chi connectivity index (χ2n) is 7.77. The molecule has 0 saturated carbocycles. The first-order valence-electron chi connectivity index (χ1n) is 9.64. The van der Waals surface area contributed by atoms with Gasteiger partial charge in [0, 0.05) is 36.1 Å². The molecule has 1 aromatic rings. The zero-order valence-electron chi connectivity index (χ0n) is 15.8. The van der Waals surface area contributed by atoms with Gasteiger partial charge < -0.3 is 20.3 Å². The van der Waals surface area contributed by atoms with Crippen molar-refractivity contribution in [2.24, 2.45) is 5.92 Å². The van der Waals surface area contributed by atoms with Crippen LogP contribution in [0.15, 0.2) is 24.3 Å². The van der Waals surface area contributed by atoms with E-state index in [2.05, 4.69) is 17.6 Å². The average molecular weight is 394 g/mol. The molecule has 7 heteroatoms. The number of piperidine rings is 2. The summed E-state index contributed by atoms with van der Waals surface area (Å²) in [5.74, 6) is 0.0689. The summed E-state index contributed by atoms with van der Waals surface area (Å²) in [7, 11) is 0. The number of carbonyl (C=O) groups excluding carboxylic acids is 2. The van der Waals surface area contributed by atoms with Crippen molar-refractivity contribution in [1.29, 1.82) is 0 Å². The fraction of sp³-hybridized carbons (Fsp3) is 0.600. The van der Waals surface area contributed by atoms with Gasteiger partial charge in [-0.05, 0) is 56.8 Å². The molecule has 0 aliphatic carbocycles. The molecule has 1 atom stereocenters. The minimum atomic E-state index is -0.327. The predicted molar refractivity (Wildman–Crippen MR) is 105 cm³/mol. The third-order valence-electron chi connectivity index (χ3n) is 5.42. The Balaban J connectivity index is 1.41. The van der Waals surface area contributed by atoms with Crippen LogP contribution in [-0.2, 0) is 16.1 Å². The molecule has 2 N–H and O–H groups in total. The molecule has 2 aliphatic rings. The minimum Gasteiger partial charge on any atom is -0.445 e. The molecule has 0 bridgehead atoms. The van der Waals surface area contributed by atoms with Crippen LogP contribution in [0.2, 0.25) is 5.02 Å². The second kappa shape index (κ2) is 8.93. The van der Waals surface area contributed by atoms with Crippen molar-refractivity contribution in [2.45, 2.75) is 44.8 Å². The Bertz CT molecular complexity index is 651. The number of nitrogens with one attached hydrogen (secondary N) is 2. The van der Waals surface area contributed by atoms with E-state index < -0.39 is 0 Å². The maximum Gasteiger partial charge on any atom is 0.410 e. The highest BCUT2D eigenvalue weighted by Crippen LogP contribution is 2.22. The molecule has 3 rings (SSSR count). The number of likely N-dealkylation sites (tertiary alicyclic amines) is 1. The van der Waals surface area contributed by atoms with E-state index in [-0.39, 0.29) is 30.1 Å². The molecule has 2 aliphatic heterocycles. The van der Waals surface area contributed by atoms with Gasteiger partial charge in [-0.2, -0.15) is 0 Å². The number of rotatable bonds is 4. The van der Waals surface area contributed by atoms with Crippen molar-refractivity contribution in [3.05, 3.63) is 34.9 Å². The predicted octanol–water partition coefficient (Wildman–Crippen LogP) is 2.95. The fourth-order valence-corrected chi connectivity index (χ4v) is 3.83.